The first-order chi connectivity index (χ1) is 8.97. The average Bonchev–Trinajstić information content (AvgIpc) is 2.81. The molecule has 19 heavy (non-hydrogen) atoms. The minimum Gasteiger partial charge on any atom is -0.337 e. The van der Waals surface area contributed by atoms with E-state index >= 15 is 0 Å². The van der Waals surface area contributed by atoms with Gasteiger partial charge in [0.1, 0.15) is 0 Å². The maximum atomic E-state index is 6.00. The molecule has 0 fully saturated rings. The van der Waals surface area contributed by atoms with Crippen LogP contribution < -0.4 is 5.73 Å². The summed E-state index contributed by atoms with van der Waals surface area (Å²) in [5, 5.41) is 4.86. The van der Waals surface area contributed by atoms with Crippen LogP contribution in [0.2, 0.25) is 10.0 Å². The lowest BCUT2D eigenvalue weighted by molar-refractivity contribution is 0.335. The van der Waals surface area contributed by atoms with Crippen molar-refractivity contribution in [3.63, 3.8) is 0 Å². The van der Waals surface area contributed by atoms with E-state index in [-0.39, 0.29) is 6.04 Å². The molecule has 4 nitrogen and oxygen atoms in total. The topological polar surface area (TPSA) is 64.9 Å². The Balaban J connectivity index is 2.22. The summed E-state index contributed by atoms with van der Waals surface area (Å²) in [5.74, 6) is 1.37. The third kappa shape index (κ3) is 3.47. The van der Waals surface area contributed by atoms with E-state index in [0.29, 0.717) is 27.7 Å². The van der Waals surface area contributed by atoms with Crippen molar-refractivity contribution >= 4 is 23.2 Å². The van der Waals surface area contributed by atoms with E-state index in [4.69, 9.17) is 33.5 Å². The highest BCUT2D eigenvalue weighted by Gasteiger charge is 2.17. The predicted molar refractivity (Wildman–Crippen MR) is 76.1 cm³/mol. The third-order valence-corrected chi connectivity index (χ3v) is 3.40. The van der Waals surface area contributed by atoms with Gasteiger partial charge in [0, 0.05) is 5.56 Å². The SMILES string of the molecule is CC(C)C[C@H](N)c1nc(-c2ccc(Cl)c(Cl)c2)no1. The molecule has 1 heterocycles. The molecule has 0 bridgehead atoms. The summed E-state index contributed by atoms with van der Waals surface area (Å²) < 4.78 is 5.19. The number of nitrogens with zero attached hydrogens (tertiary/aromatic N) is 2. The normalized spacial score (nSPS) is 12.9. The molecule has 0 saturated heterocycles. The molecule has 0 radical (unpaired) electrons. The number of hydrogen-bond donors (Lipinski definition) is 1. The zero-order chi connectivity index (χ0) is 14.0. The first-order valence-corrected chi connectivity index (χ1v) is 6.77. The lowest BCUT2D eigenvalue weighted by atomic mass is 10.0. The van der Waals surface area contributed by atoms with Gasteiger partial charge in [-0.3, -0.25) is 0 Å². The second-order valence-corrected chi connectivity index (χ2v) is 5.64. The third-order valence-electron chi connectivity index (χ3n) is 2.66. The van der Waals surface area contributed by atoms with E-state index in [2.05, 4.69) is 24.0 Å². The van der Waals surface area contributed by atoms with Crippen LogP contribution in [0.15, 0.2) is 22.7 Å². The molecule has 2 N–H and O–H groups in total. The molecular weight excluding hydrogens is 285 g/mol. The van der Waals surface area contributed by atoms with E-state index in [1.165, 1.54) is 0 Å². The Morgan fingerprint density at radius 2 is 2.00 bits per heavy atom. The van der Waals surface area contributed by atoms with Crippen LogP contribution >= 0.6 is 23.2 Å². The zero-order valence-electron chi connectivity index (χ0n) is 10.7. The Labute approximate surface area is 121 Å². The maximum Gasteiger partial charge on any atom is 0.243 e. The number of nitrogens with two attached hydrogens (primary N) is 1. The van der Waals surface area contributed by atoms with Gasteiger partial charge in [-0.15, -0.1) is 0 Å². The van der Waals surface area contributed by atoms with Crippen LogP contribution in [0.4, 0.5) is 0 Å². The molecule has 6 heteroatoms. The molecule has 2 aromatic rings. The Morgan fingerprint density at radius 1 is 1.26 bits per heavy atom. The molecule has 102 valence electrons. The van der Waals surface area contributed by atoms with Crippen LogP contribution in [-0.2, 0) is 0 Å². The fourth-order valence-electron chi connectivity index (χ4n) is 1.75. The summed E-state index contributed by atoms with van der Waals surface area (Å²) in [6.45, 7) is 4.19. The molecule has 0 amide bonds. The summed E-state index contributed by atoms with van der Waals surface area (Å²) in [6.07, 6.45) is 0.795. The van der Waals surface area contributed by atoms with Crippen LogP contribution in [0.5, 0.6) is 0 Å². The number of rotatable bonds is 4. The average molecular weight is 300 g/mol. The van der Waals surface area contributed by atoms with Gasteiger partial charge in [0.15, 0.2) is 0 Å². The monoisotopic (exact) mass is 299 g/mol. The first kappa shape index (κ1) is 14.3. The van der Waals surface area contributed by atoms with Crippen molar-refractivity contribution in [1.29, 1.82) is 0 Å². The van der Waals surface area contributed by atoms with Crippen molar-refractivity contribution in [2.75, 3.05) is 0 Å². The summed E-state index contributed by atoms with van der Waals surface area (Å²) in [5.41, 5.74) is 6.75. The van der Waals surface area contributed by atoms with E-state index in [9.17, 15) is 0 Å². The molecule has 0 aliphatic carbocycles. The van der Waals surface area contributed by atoms with Crippen molar-refractivity contribution in [2.24, 2.45) is 11.7 Å². The molecule has 2 rings (SSSR count). The lowest BCUT2D eigenvalue weighted by Crippen LogP contribution is -2.13. The fraction of sp³-hybridized carbons (Fsp3) is 0.385. The van der Waals surface area contributed by atoms with E-state index in [0.717, 1.165) is 12.0 Å². The van der Waals surface area contributed by atoms with Crippen LogP contribution in [0.3, 0.4) is 0 Å². The van der Waals surface area contributed by atoms with Crippen molar-refractivity contribution in [1.82, 2.24) is 10.1 Å². The largest absolute Gasteiger partial charge is 0.337 e. The smallest absolute Gasteiger partial charge is 0.243 e. The quantitative estimate of drug-likeness (QED) is 0.923. The Kier molecular flexibility index (Phi) is 4.45. The first-order valence-electron chi connectivity index (χ1n) is 6.02. The van der Waals surface area contributed by atoms with Crippen molar-refractivity contribution in [3.05, 3.63) is 34.1 Å². The van der Waals surface area contributed by atoms with E-state index in [1.54, 1.807) is 18.2 Å². The van der Waals surface area contributed by atoms with Gasteiger partial charge in [-0.05, 0) is 30.5 Å². The lowest BCUT2D eigenvalue weighted by Gasteiger charge is -2.08. The molecule has 0 unspecified atom stereocenters. The maximum absolute atomic E-state index is 6.00. The number of halogens is 2. The molecule has 1 aromatic carbocycles. The van der Waals surface area contributed by atoms with Crippen molar-refractivity contribution in [3.8, 4) is 11.4 Å². The molecule has 1 atom stereocenters. The fourth-order valence-corrected chi connectivity index (χ4v) is 2.05. The highest BCUT2D eigenvalue weighted by molar-refractivity contribution is 6.42. The minimum atomic E-state index is -0.246. The van der Waals surface area contributed by atoms with Gasteiger partial charge in [0.05, 0.1) is 16.1 Å². The molecule has 0 aliphatic heterocycles. The van der Waals surface area contributed by atoms with Gasteiger partial charge in [-0.1, -0.05) is 42.2 Å². The Hall–Kier alpha value is -1.10. The molecule has 0 saturated carbocycles. The van der Waals surface area contributed by atoms with Crippen LogP contribution in [0.25, 0.3) is 11.4 Å². The Bertz CT molecular complexity index is 569. The Morgan fingerprint density at radius 3 is 2.63 bits per heavy atom. The molecule has 1 aromatic heterocycles. The van der Waals surface area contributed by atoms with Crippen LogP contribution in [0, 0.1) is 5.92 Å². The van der Waals surface area contributed by atoms with Gasteiger partial charge < -0.3 is 10.3 Å². The highest BCUT2D eigenvalue weighted by Crippen LogP contribution is 2.28. The number of benzene rings is 1. The summed E-state index contributed by atoms with van der Waals surface area (Å²) in [7, 11) is 0. The van der Waals surface area contributed by atoms with Crippen LogP contribution in [0.1, 0.15) is 32.2 Å². The number of aromatic nitrogens is 2. The highest BCUT2D eigenvalue weighted by atomic mass is 35.5. The van der Waals surface area contributed by atoms with Crippen molar-refractivity contribution < 1.29 is 4.52 Å². The van der Waals surface area contributed by atoms with E-state index in [1.807, 2.05) is 0 Å². The second kappa shape index (κ2) is 5.90. The second-order valence-electron chi connectivity index (χ2n) is 4.82. The summed E-state index contributed by atoms with van der Waals surface area (Å²) in [6, 6.07) is 4.94. The van der Waals surface area contributed by atoms with Gasteiger partial charge in [0.25, 0.3) is 0 Å². The number of hydrogen-bond acceptors (Lipinski definition) is 4. The van der Waals surface area contributed by atoms with Gasteiger partial charge in [0.2, 0.25) is 11.7 Å². The molecule has 0 aliphatic rings. The van der Waals surface area contributed by atoms with Crippen molar-refractivity contribution in [2.45, 2.75) is 26.3 Å². The van der Waals surface area contributed by atoms with Gasteiger partial charge >= 0.3 is 0 Å². The minimum absolute atomic E-state index is 0.246. The summed E-state index contributed by atoms with van der Waals surface area (Å²) in [4.78, 5) is 4.30. The molecular formula is C13H15Cl2N3O. The predicted octanol–water partition coefficient (Wildman–Crippen LogP) is 4.09. The van der Waals surface area contributed by atoms with Gasteiger partial charge in [-0.2, -0.15) is 4.98 Å². The van der Waals surface area contributed by atoms with Crippen LogP contribution in [-0.4, -0.2) is 10.1 Å². The zero-order valence-corrected chi connectivity index (χ0v) is 12.2. The summed E-state index contributed by atoms with van der Waals surface area (Å²) >= 11 is 11.8. The standard InChI is InChI=1S/C13H15Cl2N3O/c1-7(2)5-11(16)13-17-12(18-19-13)8-3-4-9(14)10(15)6-8/h3-4,6-7,11H,5,16H2,1-2H3/t11-/m0/s1. The van der Waals surface area contributed by atoms with Gasteiger partial charge in [-0.25, -0.2) is 0 Å². The van der Waals surface area contributed by atoms with E-state index < -0.39 is 0 Å². The molecule has 0 spiro atoms.